The fraction of sp³-hybridized carbons (Fsp3) is 0.545. The minimum atomic E-state index is -4.07. The number of benzene rings is 1. The number of phosphoric ester groups is 1. The molecule has 1 saturated heterocycles. The van der Waals surface area contributed by atoms with Crippen LogP contribution in [-0.2, 0) is 18.1 Å². The third-order valence-electron chi connectivity index (χ3n) is 4.30. The van der Waals surface area contributed by atoms with Crippen LogP contribution in [0.15, 0.2) is 30.5 Å². The summed E-state index contributed by atoms with van der Waals surface area (Å²) in [6, 6.07) is 3.70. The van der Waals surface area contributed by atoms with Gasteiger partial charge in [0.25, 0.3) is 0 Å². The Morgan fingerprint density at radius 2 is 1.73 bits per heavy atom. The van der Waals surface area contributed by atoms with Gasteiger partial charge in [0.05, 0.1) is 29.6 Å². The summed E-state index contributed by atoms with van der Waals surface area (Å²) in [4.78, 5) is 27.3. The Balaban J connectivity index is 2.31. The molecule has 2 rings (SSSR count). The van der Waals surface area contributed by atoms with E-state index in [-0.39, 0.29) is 12.1 Å². The van der Waals surface area contributed by atoms with Gasteiger partial charge < -0.3 is 9.84 Å². The van der Waals surface area contributed by atoms with Crippen LogP contribution in [0.4, 0.5) is 10.5 Å². The van der Waals surface area contributed by atoms with Crippen molar-refractivity contribution in [1.29, 1.82) is 0 Å². The second-order valence-electron chi connectivity index (χ2n) is 9.48. The SMILES string of the molecule is C=C1CCN(c2cc(C(=O)O)ccc2OC)C(=O)N1COP(=O)(OC(C)(C)C)OC(C)(C)C. The summed E-state index contributed by atoms with van der Waals surface area (Å²) in [5, 5.41) is 9.34. The van der Waals surface area contributed by atoms with Crippen LogP contribution in [0.3, 0.4) is 0 Å². The van der Waals surface area contributed by atoms with Gasteiger partial charge in [0.1, 0.15) is 12.5 Å². The first-order valence-corrected chi connectivity index (χ1v) is 11.9. The molecule has 11 heteroatoms. The Kier molecular flexibility index (Phi) is 8.02. The van der Waals surface area contributed by atoms with Crippen molar-refractivity contribution < 1.29 is 37.6 Å². The van der Waals surface area contributed by atoms with Crippen LogP contribution in [0, 0.1) is 0 Å². The van der Waals surface area contributed by atoms with Gasteiger partial charge in [0.2, 0.25) is 0 Å². The number of hydrogen-bond acceptors (Lipinski definition) is 7. The molecule has 0 aromatic heterocycles. The molecule has 0 radical (unpaired) electrons. The van der Waals surface area contributed by atoms with Gasteiger partial charge in [-0.05, 0) is 59.7 Å². The lowest BCUT2D eigenvalue weighted by atomic mass is 10.1. The number of carbonyl (C=O) groups excluding carboxylic acids is 1. The maximum atomic E-state index is 13.3. The predicted molar refractivity (Wildman–Crippen MR) is 124 cm³/mol. The van der Waals surface area contributed by atoms with E-state index >= 15 is 0 Å². The molecule has 10 nitrogen and oxygen atoms in total. The third-order valence-corrected chi connectivity index (χ3v) is 6.27. The van der Waals surface area contributed by atoms with Gasteiger partial charge in [0, 0.05) is 18.7 Å². The molecule has 184 valence electrons. The summed E-state index contributed by atoms with van der Waals surface area (Å²) in [7, 11) is -2.64. The minimum Gasteiger partial charge on any atom is -0.495 e. The van der Waals surface area contributed by atoms with Gasteiger partial charge in [-0.2, -0.15) is 0 Å². The number of rotatable bonds is 8. The number of carboxylic acids is 1. The molecule has 33 heavy (non-hydrogen) atoms. The Bertz CT molecular complexity index is 944. The largest absolute Gasteiger partial charge is 0.495 e. The minimum absolute atomic E-state index is 0.00690. The monoisotopic (exact) mass is 484 g/mol. The fourth-order valence-electron chi connectivity index (χ4n) is 3.03. The molecule has 1 heterocycles. The van der Waals surface area contributed by atoms with E-state index in [2.05, 4.69) is 6.58 Å². The van der Waals surface area contributed by atoms with Gasteiger partial charge in [0.15, 0.2) is 0 Å². The Hall–Kier alpha value is -2.39. The van der Waals surface area contributed by atoms with Crippen LogP contribution in [0.5, 0.6) is 5.75 Å². The van der Waals surface area contributed by atoms with E-state index in [1.807, 2.05) is 0 Å². The fourth-order valence-corrected chi connectivity index (χ4v) is 4.77. The van der Waals surface area contributed by atoms with E-state index in [1.54, 1.807) is 41.5 Å². The molecule has 1 aliphatic rings. The van der Waals surface area contributed by atoms with Gasteiger partial charge in [-0.1, -0.05) is 6.58 Å². The number of anilines is 1. The van der Waals surface area contributed by atoms with Gasteiger partial charge in [-0.25, -0.2) is 14.2 Å². The third kappa shape index (κ3) is 7.30. The van der Waals surface area contributed by atoms with Crippen LogP contribution in [0.2, 0.25) is 0 Å². The quantitative estimate of drug-likeness (QED) is 0.498. The van der Waals surface area contributed by atoms with Gasteiger partial charge in [-0.15, -0.1) is 0 Å². The number of hydrogen-bond donors (Lipinski definition) is 1. The first kappa shape index (κ1) is 26.9. The lowest BCUT2D eigenvalue weighted by Gasteiger charge is -2.38. The average Bonchev–Trinajstić information content (AvgIpc) is 2.64. The zero-order chi connectivity index (χ0) is 25.2. The first-order chi connectivity index (χ1) is 15.1. The number of phosphoric acid groups is 1. The summed E-state index contributed by atoms with van der Waals surface area (Å²) in [5.74, 6) is -0.799. The van der Waals surface area contributed by atoms with Gasteiger partial charge in [-0.3, -0.25) is 23.4 Å². The Morgan fingerprint density at radius 3 is 2.21 bits per heavy atom. The van der Waals surface area contributed by atoms with Gasteiger partial charge >= 0.3 is 19.8 Å². The van der Waals surface area contributed by atoms with Crippen molar-refractivity contribution in [1.82, 2.24) is 4.90 Å². The molecule has 0 atom stereocenters. The second-order valence-corrected chi connectivity index (χ2v) is 11.0. The molecule has 1 N–H and O–H groups in total. The topological polar surface area (TPSA) is 115 Å². The number of ether oxygens (including phenoxy) is 1. The molecule has 0 bridgehead atoms. The Labute approximate surface area is 194 Å². The van der Waals surface area contributed by atoms with Crippen molar-refractivity contribution >= 4 is 25.5 Å². The van der Waals surface area contributed by atoms with Crippen molar-refractivity contribution in [3.05, 3.63) is 36.0 Å². The standard InChI is InChI=1S/C22H33N2O8P/c1-15-11-12-23(17-13-16(19(25)26)9-10-18(17)29-8)20(27)24(15)14-30-33(28,31-21(2,3)4)32-22(5,6)7/h9-10,13H,1,11-12,14H2,2-8H3,(H,25,26). The number of carbonyl (C=O) groups is 2. The molecule has 1 fully saturated rings. The number of urea groups is 1. The van der Waals surface area contributed by atoms with Crippen LogP contribution >= 0.6 is 7.82 Å². The van der Waals surface area contributed by atoms with E-state index in [1.165, 1.54) is 35.1 Å². The zero-order valence-electron chi connectivity index (χ0n) is 20.2. The van der Waals surface area contributed by atoms with E-state index in [9.17, 15) is 19.3 Å². The number of aromatic carboxylic acids is 1. The first-order valence-electron chi connectivity index (χ1n) is 10.4. The summed E-state index contributed by atoms with van der Waals surface area (Å²) >= 11 is 0. The zero-order valence-corrected chi connectivity index (χ0v) is 21.1. The lowest BCUT2D eigenvalue weighted by Crippen LogP contribution is -2.49. The molecule has 0 spiro atoms. The summed E-state index contributed by atoms with van der Waals surface area (Å²) < 4.78 is 35.4. The predicted octanol–water partition coefficient (Wildman–Crippen LogP) is 5.25. The Morgan fingerprint density at radius 1 is 1.15 bits per heavy atom. The molecule has 2 amide bonds. The van der Waals surface area contributed by atoms with Crippen molar-refractivity contribution in [3.63, 3.8) is 0 Å². The molecule has 1 aromatic carbocycles. The highest BCUT2D eigenvalue weighted by Gasteiger charge is 2.39. The molecular weight excluding hydrogens is 451 g/mol. The summed E-state index contributed by atoms with van der Waals surface area (Å²) in [6.45, 7) is 14.0. The maximum Gasteiger partial charge on any atom is 0.477 e. The lowest BCUT2D eigenvalue weighted by molar-refractivity contribution is -0.00668. The van der Waals surface area contributed by atoms with E-state index < -0.39 is 37.8 Å². The summed E-state index contributed by atoms with van der Waals surface area (Å²) in [5.41, 5.74) is -0.920. The van der Waals surface area contributed by atoms with Crippen molar-refractivity contribution in [2.24, 2.45) is 0 Å². The number of carboxylic acid groups (broad SMARTS) is 1. The van der Waals surface area contributed by atoms with Crippen LogP contribution < -0.4 is 9.64 Å². The smallest absolute Gasteiger partial charge is 0.477 e. The van der Waals surface area contributed by atoms with E-state index in [0.29, 0.717) is 23.6 Å². The second kappa shape index (κ2) is 9.85. The highest BCUT2D eigenvalue weighted by molar-refractivity contribution is 7.48. The van der Waals surface area contributed by atoms with E-state index in [0.717, 1.165) is 0 Å². The van der Waals surface area contributed by atoms with Crippen molar-refractivity contribution in [2.75, 3.05) is 25.3 Å². The average molecular weight is 484 g/mol. The molecule has 1 aliphatic heterocycles. The highest BCUT2D eigenvalue weighted by Crippen LogP contribution is 2.55. The molecule has 0 unspecified atom stereocenters. The molecular formula is C22H33N2O8P. The number of amides is 2. The normalized spacial score (nSPS) is 15.7. The van der Waals surface area contributed by atoms with Crippen LogP contribution in [-0.4, -0.2) is 53.6 Å². The molecule has 0 saturated carbocycles. The summed E-state index contributed by atoms with van der Waals surface area (Å²) in [6.07, 6.45) is 0.375. The number of nitrogens with zero attached hydrogens (tertiary/aromatic N) is 2. The van der Waals surface area contributed by atoms with Crippen molar-refractivity contribution in [2.45, 2.75) is 59.2 Å². The molecule has 0 aliphatic carbocycles. The molecule has 1 aromatic rings. The van der Waals surface area contributed by atoms with Crippen LogP contribution in [0.1, 0.15) is 58.3 Å². The maximum absolute atomic E-state index is 13.3. The highest BCUT2D eigenvalue weighted by atomic mass is 31.2. The number of methoxy groups -OCH3 is 1. The van der Waals surface area contributed by atoms with Crippen LogP contribution in [0.25, 0.3) is 0 Å². The van der Waals surface area contributed by atoms with E-state index in [4.69, 9.17) is 18.3 Å². The van der Waals surface area contributed by atoms with Crippen molar-refractivity contribution in [3.8, 4) is 5.75 Å².